The summed E-state index contributed by atoms with van der Waals surface area (Å²) in [5, 5.41) is 1.06. The molecule has 3 aromatic rings. The Bertz CT molecular complexity index is 1220. The molecule has 1 N–H and O–H groups in total. The van der Waals surface area contributed by atoms with Crippen LogP contribution in [-0.4, -0.2) is 51.4 Å². The van der Waals surface area contributed by atoms with Crippen molar-refractivity contribution in [3.05, 3.63) is 69.8 Å². The third-order valence-corrected chi connectivity index (χ3v) is 7.61. The number of hydrogen-bond acceptors (Lipinski definition) is 3. The first-order chi connectivity index (χ1) is 15.7. The Balaban J connectivity index is 1.23. The summed E-state index contributed by atoms with van der Waals surface area (Å²) in [6, 6.07) is 12.1. The Morgan fingerprint density at radius 1 is 1.00 bits per heavy atom. The summed E-state index contributed by atoms with van der Waals surface area (Å²) >= 11 is 0. The zero-order chi connectivity index (χ0) is 21.7. The third kappa shape index (κ3) is 3.47. The number of aromatic nitrogens is 2. The minimum Gasteiger partial charge on any atom is -0.361 e. The molecular weight excluding hydrogens is 400 g/mol. The highest BCUT2D eigenvalue weighted by molar-refractivity contribution is 5.98. The Morgan fingerprint density at radius 3 is 2.75 bits per heavy atom. The van der Waals surface area contributed by atoms with Crippen LogP contribution in [0.15, 0.2) is 47.4 Å². The van der Waals surface area contributed by atoms with E-state index in [4.69, 9.17) is 0 Å². The van der Waals surface area contributed by atoms with E-state index in [1.807, 2.05) is 46.0 Å². The number of fused-ring (bicyclic) bond motifs is 5. The first kappa shape index (κ1) is 19.8. The van der Waals surface area contributed by atoms with Crippen LogP contribution in [0.25, 0.3) is 10.9 Å². The lowest BCUT2D eigenvalue weighted by Crippen LogP contribution is -2.49. The molecule has 2 bridgehead atoms. The van der Waals surface area contributed by atoms with Gasteiger partial charge in [0.25, 0.3) is 11.5 Å². The summed E-state index contributed by atoms with van der Waals surface area (Å²) in [4.78, 5) is 34.2. The van der Waals surface area contributed by atoms with Gasteiger partial charge >= 0.3 is 0 Å². The van der Waals surface area contributed by atoms with E-state index in [1.54, 1.807) is 0 Å². The van der Waals surface area contributed by atoms with Crippen LogP contribution in [-0.2, 0) is 13.1 Å². The fourth-order valence-corrected chi connectivity index (χ4v) is 6.00. The third-order valence-electron chi connectivity index (χ3n) is 7.61. The number of nitrogens with one attached hydrogen (secondary N) is 1. The van der Waals surface area contributed by atoms with Gasteiger partial charge in [0.15, 0.2) is 0 Å². The van der Waals surface area contributed by atoms with Crippen LogP contribution in [0.5, 0.6) is 0 Å². The lowest BCUT2D eigenvalue weighted by molar-refractivity contribution is 0.0594. The molecule has 2 atom stereocenters. The number of rotatable bonds is 3. The molecule has 2 fully saturated rings. The lowest BCUT2D eigenvalue weighted by Gasteiger charge is -2.43. The molecule has 6 heteroatoms. The highest BCUT2D eigenvalue weighted by Crippen LogP contribution is 2.36. The lowest BCUT2D eigenvalue weighted by atomic mass is 9.82. The molecule has 1 aromatic carbocycles. The van der Waals surface area contributed by atoms with Crippen molar-refractivity contribution in [3.63, 3.8) is 0 Å². The number of aromatic amines is 1. The number of H-pyrrole nitrogens is 1. The van der Waals surface area contributed by atoms with E-state index in [0.717, 1.165) is 66.9 Å². The van der Waals surface area contributed by atoms with Gasteiger partial charge in [0.05, 0.1) is 0 Å². The van der Waals surface area contributed by atoms with Crippen LogP contribution >= 0.6 is 0 Å². The summed E-state index contributed by atoms with van der Waals surface area (Å²) < 4.78 is 2.02. The van der Waals surface area contributed by atoms with Gasteiger partial charge in [-0.1, -0.05) is 12.5 Å². The molecule has 5 heterocycles. The van der Waals surface area contributed by atoms with Crippen LogP contribution < -0.4 is 5.56 Å². The first-order valence-corrected chi connectivity index (χ1v) is 12.0. The highest BCUT2D eigenvalue weighted by Gasteiger charge is 2.37. The predicted octanol–water partition coefficient (Wildman–Crippen LogP) is 3.58. The number of piperidine rings is 2. The highest BCUT2D eigenvalue weighted by atomic mass is 16.2. The summed E-state index contributed by atoms with van der Waals surface area (Å²) in [7, 11) is 0. The van der Waals surface area contributed by atoms with Crippen LogP contribution in [0.1, 0.15) is 53.2 Å². The fraction of sp³-hybridized carbons (Fsp3) is 0.462. The van der Waals surface area contributed by atoms with Crippen molar-refractivity contribution in [1.29, 1.82) is 0 Å². The van der Waals surface area contributed by atoms with E-state index in [2.05, 4.69) is 16.0 Å². The standard InChI is InChI=1S/C26H30N4O2/c31-25(20-4-6-23-19(13-20)8-9-27-23)29-14-18-12-22(17-29)24-7-5-21(26(32)30(24)15-18)16-28-10-2-1-3-11-28/h4-9,13,18,22,27H,1-3,10-12,14-17H2/t18-,22+/m0/s1. The van der Waals surface area contributed by atoms with Gasteiger partial charge in [-0.05, 0) is 68.6 Å². The number of benzene rings is 1. The molecule has 3 aliphatic rings. The molecular formula is C26H30N4O2. The Labute approximate surface area is 187 Å². The van der Waals surface area contributed by atoms with E-state index >= 15 is 0 Å². The molecule has 2 aromatic heterocycles. The number of hydrogen-bond donors (Lipinski definition) is 1. The normalized spacial score (nSPS) is 23.3. The quantitative estimate of drug-likeness (QED) is 0.691. The smallest absolute Gasteiger partial charge is 0.255 e. The van der Waals surface area contributed by atoms with Gasteiger partial charge in [0.1, 0.15) is 0 Å². The summed E-state index contributed by atoms with van der Waals surface area (Å²) in [5.74, 6) is 0.670. The summed E-state index contributed by atoms with van der Waals surface area (Å²) in [6.07, 6.45) is 6.73. The molecule has 6 nitrogen and oxygen atoms in total. The molecule has 0 radical (unpaired) electrons. The Kier molecular flexibility index (Phi) is 4.90. The number of amides is 1. The van der Waals surface area contributed by atoms with Crippen molar-refractivity contribution in [2.75, 3.05) is 26.2 Å². The number of nitrogens with zero attached hydrogens (tertiary/aromatic N) is 3. The van der Waals surface area contributed by atoms with E-state index < -0.39 is 0 Å². The molecule has 2 saturated heterocycles. The summed E-state index contributed by atoms with van der Waals surface area (Å²) in [6.45, 7) is 5.09. The largest absolute Gasteiger partial charge is 0.361 e. The second kappa shape index (κ2) is 7.93. The predicted molar refractivity (Wildman–Crippen MR) is 125 cm³/mol. The molecule has 0 unspecified atom stereocenters. The molecule has 0 spiro atoms. The van der Waals surface area contributed by atoms with Gasteiger partial charge < -0.3 is 14.5 Å². The van der Waals surface area contributed by atoms with Crippen molar-refractivity contribution < 1.29 is 4.79 Å². The number of carbonyl (C=O) groups excluding carboxylic acids is 1. The SMILES string of the molecule is O=C(c1ccc2[nH]ccc2c1)N1C[C@@H]2C[C@H](C1)c1ccc(CN3CCCCC3)c(=O)n1C2. The molecule has 32 heavy (non-hydrogen) atoms. The van der Waals surface area contributed by atoms with Crippen molar-refractivity contribution >= 4 is 16.8 Å². The molecule has 0 aliphatic carbocycles. The number of likely N-dealkylation sites (tertiary alicyclic amines) is 2. The topological polar surface area (TPSA) is 61.3 Å². The first-order valence-electron chi connectivity index (χ1n) is 12.0. The van der Waals surface area contributed by atoms with Crippen LogP contribution in [0.4, 0.5) is 0 Å². The minimum atomic E-state index is 0.0975. The van der Waals surface area contributed by atoms with E-state index in [1.165, 1.54) is 19.3 Å². The van der Waals surface area contributed by atoms with Gasteiger partial charge in [-0.2, -0.15) is 0 Å². The van der Waals surface area contributed by atoms with E-state index in [9.17, 15) is 9.59 Å². The van der Waals surface area contributed by atoms with E-state index in [-0.39, 0.29) is 17.4 Å². The van der Waals surface area contributed by atoms with Crippen molar-refractivity contribution in [3.8, 4) is 0 Å². The summed E-state index contributed by atoms with van der Waals surface area (Å²) in [5.41, 5.74) is 3.99. The van der Waals surface area contributed by atoms with Gasteiger partial charge in [-0.15, -0.1) is 0 Å². The monoisotopic (exact) mass is 430 g/mol. The zero-order valence-corrected chi connectivity index (χ0v) is 18.4. The molecule has 3 aliphatic heterocycles. The van der Waals surface area contributed by atoms with Crippen LogP contribution in [0.3, 0.4) is 0 Å². The minimum absolute atomic E-state index is 0.0975. The van der Waals surface area contributed by atoms with Crippen molar-refractivity contribution in [2.24, 2.45) is 5.92 Å². The molecule has 1 amide bonds. The maximum Gasteiger partial charge on any atom is 0.255 e. The Hall–Kier alpha value is -2.86. The van der Waals surface area contributed by atoms with Crippen molar-refractivity contribution in [1.82, 2.24) is 19.4 Å². The van der Waals surface area contributed by atoms with Crippen LogP contribution in [0.2, 0.25) is 0 Å². The average molecular weight is 431 g/mol. The van der Waals surface area contributed by atoms with E-state index in [0.29, 0.717) is 12.5 Å². The van der Waals surface area contributed by atoms with Gasteiger partial charge in [0.2, 0.25) is 0 Å². The maximum atomic E-state index is 13.3. The average Bonchev–Trinajstić information content (AvgIpc) is 3.29. The van der Waals surface area contributed by atoms with Crippen molar-refractivity contribution in [2.45, 2.75) is 44.7 Å². The number of carbonyl (C=O) groups is 1. The van der Waals surface area contributed by atoms with Gasteiger partial charge in [-0.25, -0.2) is 0 Å². The Morgan fingerprint density at radius 2 is 1.88 bits per heavy atom. The second-order valence-corrected chi connectivity index (χ2v) is 9.82. The van der Waals surface area contributed by atoms with Gasteiger partial charge in [-0.3, -0.25) is 14.5 Å². The second-order valence-electron chi connectivity index (χ2n) is 9.82. The number of pyridine rings is 1. The zero-order valence-electron chi connectivity index (χ0n) is 18.4. The van der Waals surface area contributed by atoms with Crippen LogP contribution in [0, 0.1) is 5.92 Å². The fourth-order valence-electron chi connectivity index (χ4n) is 6.00. The maximum absolute atomic E-state index is 13.3. The van der Waals surface area contributed by atoms with Gasteiger partial charge in [0, 0.05) is 66.0 Å². The molecule has 6 rings (SSSR count). The molecule has 166 valence electrons. The molecule has 0 saturated carbocycles.